The summed E-state index contributed by atoms with van der Waals surface area (Å²) >= 11 is 0. The number of aliphatic imine (C=N–C) groups is 1. The van der Waals surface area contributed by atoms with Crippen LogP contribution in [0.5, 0.6) is 0 Å². The number of nitrogens with zero attached hydrogens (tertiary/aromatic N) is 3. The van der Waals surface area contributed by atoms with Crippen molar-refractivity contribution in [3.05, 3.63) is 83.4 Å². The minimum Gasteiger partial charge on any atom is -0.478 e. The Kier molecular flexibility index (Phi) is 8.65. The number of piperazine rings is 1. The zero-order valence-corrected chi connectivity index (χ0v) is 19.6. The molecule has 36 heavy (non-hydrogen) atoms. The summed E-state index contributed by atoms with van der Waals surface area (Å²) in [4.78, 5) is 28.5. The molecule has 0 unspecified atom stereocenters. The van der Waals surface area contributed by atoms with Gasteiger partial charge in [0.25, 0.3) is 0 Å². The summed E-state index contributed by atoms with van der Waals surface area (Å²) in [5, 5.41) is 15.6. The van der Waals surface area contributed by atoms with Crippen molar-refractivity contribution in [1.82, 2.24) is 9.80 Å². The molecule has 2 aliphatic rings. The van der Waals surface area contributed by atoms with Crippen LogP contribution in [0.1, 0.15) is 16.7 Å². The third-order valence-electron chi connectivity index (χ3n) is 5.66. The number of alkyl halides is 3. The Bertz CT molecular complexity index is 1180. The Morgan fingerprint density at radius 1 is 0.944 bits per heavy atom. The van der Waals surface area contributed by atoms with Crippen LogP contribution in [0.15, 0.2) is 71.8 Å². The molecule has 1 fully saturated rings. The lowest BCUT2D eigenvalue weighted by atomic mass is 9.99. The number of fused-ring (bicyclic) bond motifs is 1. The van der Waals surface area contributed by atoms with Crippen LogP contribution in [0.25, 0.3) is 5.57 Å². The monoisotopic (exact) mass is 501 g/mol. The molecule has 0 aliphatic carbocycles. The number of halogens is 3. The van der Waals surface area contributed by atoms with E-state index in [-0.39, 0.29) is 0 Å². The maximum absolute atomic E-state index is 13.3. The first-order valence-electron chi connectivity index (χ1n) is 11.2. The highest BCUT2D eigenvalue weighted by Crippen LogP contribution is 2.34. The van der Waals surface area contributed by atoms with Gasteiger partial charge in [0.1, 0.15) is 5.84 Å². The molecule has 0 saturated carbocycles. The van der Waals surface area contributed by atoms with Crippen molar-refractivity contribution in [3.8, 4) is 0 Å². The van der Waals surface area contributed by atoms with Crippen LogP contribution in [0.2, 0.25) is 0 Å². The van der Waals surface area contributed by atoms with Gasteiger partial charge in [-0.05, 0) is 42.8 Å². The van der Waals surface area contributed by atoms with Gasteiger partial charge in [0.05, 0.1) is 11.3 Å². The first kappa shape index (κ1) is 26.7. The highest BCUT2D eigenvalue weighted by Gasteiger charge is 2.31. The smallest absolute Gasteiger partial charge is 0.416 e. The molecule has 0 aromatic heterocycles. The molecule has 0 bridgehead atoms. The van der Waals surface area contributed by atoms with E-state index in [1.54, 1.807) is 6.07 Å². The zero-order valence-electron chi connectivity index (χ0n) is 19.6. The van der Waals surface area contributed by atoms with E-state index < -0.39 is 23.7 Å². The van der Waals surface area contributed by atoms with Crippen LogP contribution >= 0.6 is 0 Å². The summed E-state index contributed by atoms with van der Waals surface area (Å²) in [5.74, 6) is -1.75. The number of carboxylic acid groups (broad SMARTS) is 2. The second-order valence-electron chi connectivity index (χ2n) is 8.26. The molecular formula is C26H26F3N3O4. The second-order valence-corrected chi connectivity index (χ2v) is 8.26. The van der Waals surface area contributed by atoms with Crippen LogP contribution in [0.4, 0.5) is 18.9 Å². The van der Waals surface area contributed by atoms with Gasteiger partial charge in [-0.25, -0.2) is 14.6 Å². The lowest BCUT2D eigenvalue weighted by Gasteiger charge is -2.35. The minimum absolute atomic E-state index is 0.556. The van der Waals surface area contributed by atoms with Gasteiger partial charge in [-0.3, -0.25) is 0 Å². The predicted molar refractivity (Wildman–Crippen MR) is 130 cm³/mol. The third kappa shape index (κ3) is 7.29. The number of likely N-dealkylation sites (N-methyl/N-ethyl adjacent to an activating group) is 1. The highest BCUT2D eigenvalue weighted by atomic mass is 19.4. The van der Waals surface area contributed by atoms with E-state index in [1.807, 2.05) is 30.3 Å². The van der Waals surface area contributed by atoms with Crippen LogP contribution in [0, 0.1) is 0 Å². The van der Waals surface area contributed by atoms with E-state index >= 15 is 0 Å². The molecular weight excluding hydrogens is 475 g/mol. The van der Waals surface area contributed by atoms with Gasteiger partial charge in [0.15, 0.2) is 0 Å². The molecule has 2 heterocycles. The van der Waals surface area contributed by atoms with E-state index in [0.29, 0.717) is 24.1 Å². The summed E-state index contributed by atoms with van der Waals surface area (Å²) in [6, 6.07) is 13.4. The second kappa shape index (κ2) is 11.7. The Hall–Kier alpha value is -3.92. The summed E-state index contributed by atoms with van der Waals surface area (Å²) in [5.41, 5.74) is 2.66. The van der Waals surface area contributed by atoms with Crippen molar-refractivity contribution in [3.63, 3.8) is 0 Å². The Labute approximate surface area is 206 Å². The van der Waals surface area contributed by atoms with Gasteiger partial charge in [0, 0.05) is 43.9 Å². The average Bonchev–Trinajstić information content (AvgIpc) is 3.03. The first-order valence-corrected chi connectivity index (χ1v) is 11.2. The van der Waals surface area contributed by atoms with Crippen molar-refractivity contribution in [2.24, 2.45) is 4.99 Å². The number of hydrogen-bond donors (Lipinski definition) is 2. The standard InChI is InChI=1S/C22H22F3N3.C4H4O4/c1-27-11-13-28(14-12-27)21-19(10-9-16-5-2-3-8-20(16)26-21)17-6-4-7-18(15-17)22(23,24)25;5-3(6)1-2-4(7)8/h2-8,10,15H,9,11-14H2,1H3;1-2H,(H,5,6)(H,7,8)/b;2-1+. The number of aliphatic carboxylic acids is 2. The predicted octanol–water partition coefficient (Wildman–Crippen LogP) is 4.33. The maximum atomic E-state index is 13.3. The number of benzene rings is 2. The van der Waals surface area contributed by atoms with Crippen molar-refractivity contribution in [2.45, 2.75) is 12.6 Å². The van der Waals surface area contributed by atoms with Gasteiger partial charge < -0.3 is 20.0 Å². The quantitative estimate of drug-likeness (QED) is 0.608. The molecule has 0 atom stereocenters. The molecule has 0 spiro atoms. The molecule has 2 N–H and O–H groups in total. The lowest BCUT2D eigenvalue weighted by Crippen LogP contribution is -2.47. The first-order chi connectivity index (χ1) is 17.0. The lowest BCUT2D eigenvalue weighted by molar-refractivity contribution is -0.137. The molecule has 0 radical (unpaired) electrons. The molecule has 4 rings (SSSR count). The number of carbonyl (C=O) groups is 2. The molecule has 0 amide bonds. The molecule has 2 aliphatic heterocycles. The van der Waals surface area contributed by atoms with Gasteiger partial charge >= 0.3 is 18.1 Å². The summed E-state index contributed by atoms with van der Waals surface area (Å²) in [6.45, 7) is 3.40. The van der Waals surface area contributed by atoms with Crippen LogP contribution in [-0.4, -0.2) is 71.0 Å². The minimum atomic E-state index is -4.37. The average molecular weight is 502 g/mol. The number of para-hydroxylation sites is 1. The Morgan fingerprint density at radius 3 is 2.19 bits per heavy atom. The van der Waals surface area contributed by atoms with Crippen molar-refractivity contribution in [1.29, 1.82) is 0 Å². The molecule has 1 saturated heterocycles. The maximum Gasteiger partial charge on any atom is 0.416 e. The molecule has 190 valence electrons. The van der Waals surface area contributed by atoms with E-state index in [2.05, 4.69) is 16.8 Å². The Balaban J connectivity index is 0.000000392. The zero-order chi connectivity index (χ0) is 26.3. The van der Waals surface area contributed by atoms with Gasteiger partial charge in [0.2, 0.25) is 0 Å². The van der Waals surface area contributed by atoms with Crippen LogP contribution in [-0.2, 0) is 22.2 Å². The fourth-order valence-corrected chi connectivity index (χ4v) is 3.78. The number of rotatable bonds is 3. The van der Waals surface area contributed by atoms with Crippen molar-refractivity contribution < 1.29 is 33.0 Å². The fourth-order valence-electron chi connectivity index (χ4n) is 3.78. The van der Waals surface area contributed by atoms with Gasteiger partial charge in [-0.1, -0.05) is 36.4 Å². The Morgan fingerprint density at radius 2 is 1.58 bits per heavy atom. The van der Waals surface area contributed by atoms with E-state index in [0.717, 1.165) is 54.9 Å². The molecule has 10 heteroatoms. The van der Waals surface area contributed by atoms with Crippen molar-refractivity contribution >= 4 is 29.0 Å². The SMILES string of the molecule is CN1CCN(C2=Nc3ccccc3CC=C2c2cccc(C(F)(F)F)c2)CC1.O=C(O)/C=C/C(=O)O. The van der Waals surface area contributed by atoms with E-state index in [1.165, 1.54) is 12.1 Å². The summed E-state index contributed by atoms with van der Waals surface area (Å²) < 4.78 is 39.8. The number of hydrogen-bond acceptors (Lipinski definition) is 5. The van der Waals surface area contributed by atoms with Gasteiger partial charge in [-0.2, -0.15) is 13.2 Å². The molecule has 7 nitrogen and oxygen atoms in total. The highest BCUT2D eigenvalue weighted by molar-refractivity contribution is 6.23. The van der Waals surface area contributed by atoms with Crippen LogP contribution < -0.4 is 0 Å². The topological polar surface area (TPSA) is 93.4 Å². The molecule has 2 aromatic rings. The molecule has 2 aromatic carbocycles. The van der Waals surface area contributed by atoms with E-state index in [4.69, 9.17) is 15.2 Å². The van der Waals surface area contributed by atoms with Crippen molar-refractivity contribution in [2.75, 3.05) is 33.2 Å². The summed E-state index contributed by atoms with van der Waals surface area (Å²) in [7, 11) is 2.07. The third-order valence-corrected chi connectivity index (χ3v) is 5.66. The van der Waals surface area contributed by atoms with E-state index in [9.17, 15) is 22.8 Å². The largest absolute Gasteiger partial charge is 0.478 e. The van der Waals surface area contributed by atoms with Gasteiger partial charge in [-0.15, -0.1) is 0 Å². The van der Waals surface area contributed by atoms with Crippen LogP contribution in [0.3, 0.4) is 0 Å². The number of amidine groups is 1. The normalized spacial score (nSPS) is 16.3. The fraction of sp³-hybridized carbons (Fsp3) is 0.269. The number of allylic oxidation sites excluding steroid dienone is 1. The summed E-state index contributed by atoms with van der Waals surface area (Å²) in [6.07, 6.45) is -0.596. The number of carboxylic acids is 2.